The molecule has 3 heteroatoms. The van der Waals surface area contributed by atoms with Crippen LogP contribution in [0, 0.1) is 22.7 Å². The SMILES string of the molecule is CC1CCC2CC1(C(=O)[O-])C2(C)C.[Na+]. The molecule has 74 valence electrons. The van der Waals surface area contributed by atoms with E-state index in [4.69, 9.17) is 0 Å². The van der Waals surface area contributed by atoms with Crippen molar-refractivity contribution in [1.82, 2.24) is 0 Å². The van der Waals surface area contributed by atoms with Gasteiger partial charge in [-0.25, -0.2) is 0 Å². The van der Waals surface area contributed by atoms with Gasteiger partial charge < -0.3 is 9.90 Å². The van der Waals surface area contributed by atoms with Crippen molar-refractivity contribution in [2.24, 2.45) is 22.7 Å². The molecule has 0 aromatic carbocycles. The average molecular weight is 204 g/mol. The molecule has 0 amide bonds. The molecule has 2 bridgehead atoms. The molecule has 0 aromatic rings. The summed E-state index contributed by atoms with van der Waals surface area (Å²) in [6, 6.07) is 0. The second-order valence-corrected chi connectivity index (χ2v) is 5.36. The fourth-order valence-corrected chi connectivity index (χ4v) is 3.68. The Morgan fingerprint density at radius 3 is 2.21 bits per heavy atom. The summed E-state index contributed by atoms with van der Waals surface area (Å²) in [5, 5.41) is 11.2. The van der Waals surface area contributed by atoms with E-state index in [-0.39, 0.29) is 40.9 Å². The van der Waals surface area contributed by atoms with Gasteiger partial charge in [0.05, 0.1) is 0 Å². The third kappa shape index (κ3) is 1.17. The zero-order valence-electron chi connectivity index (χ0n) is 9.59. The van der Waals surface area contributed by atoms with Crippen LogP contribution in [-0.2, 0) is 4.79 Å². The summed E-state index contributed by atoms with van der Waals surface area (Å²) in [7, 11) is 0. The summed E-state index contributed by atoms with van der Waals surface area (Å²) in [6.07, 6.45) is 3.11. The number of aliphatic carboxylic acids is 1. The molecule has 3 fully saturated rings. The Kier molecular flexibility index (Phi) is 3.13. The Morgan fingerprint density at radius 2 is 1.93 bits per heavy atom. The smallest absolute Gasteiger partial charge is 0.550 e. The molecule has 0 N–H and O–H groups in total. The maximum Gasteiger partial charge on any atom is 1.00 e. The van der Waals surface area contributed by atoms with Crippen LogP contribution in [0.2, 0.25) is 0 Å². The van der Waals surface area contributed by atoms with Crippen LogP contribution in [0.25, 0.3) is 0 Å². The van der Waals surface area contributed by atoms with Crippen molar-refractivity contribution >= 4 is 5.97 Å². The van der Waals surface area contributed by atoms with E-state index in [9.17, 15) is 9.90 Å². The molecule has 14 heavy (non-hydrogen) atoms. The molecule has 3 aliphatic carbocycles. The Hall–Kier alpha value is 0.470. The van der Waals surface area contributed by atoms with Gasteiger partial charge in [0.25, 0.3) is 0 Å². The van der Waals surface area contributed by atoms with Gasteiger partial charge in [0, 0.05) is 11.4 Å². The van der Waals surface area contributed by atoms with E-state index in [0.717, 1.165) is 12.8 Å². The van der Waals surface area contributed by atoms with Crippen molar-refractivity contribution in [3.63, 3.8) is 0 Å². The summed E-state index contributed by atoms with van der Waals surface area (Å²) in [5.74, 6) is 0.0834. The maximum atomic E-state index is 11.2. The van der Waals surface area contributed by atoms with Crippen LogP contribution in [0.4, 0.5) is 0 Å². The van der Waals surface area contributed by atoms with Gasteiger partial charge in [-0.2, -0.15) is 0 Å². The van der Waals surface area contributed by atoms with Crippen LogP contribution in [0.5, 0.6) is 0 Å². The molecule has 3 atom stereocenters. The first kappa shape index (κ1) is 12.5. The largest absolute Gasteiger partial charge is 1.00 e. The van der Waals surface area contributed by atoms with Crippen molar-refractivity contribution < 1.29 is 39.5 Å². The zero-order valence-corrected chi connectivity index (χ0v) is 11.6. The number of fused-ring (bicyclic) bond motifs is 2. The first-order valence-electron chi connectivity index (χ1n) is 5.14. The molecule has 0 heterocycles. The molecular formula is C11H17NaO2. The minimum Gasteiger partial charge on any atom is -0.550 e. The number of carbonyl (C=O) groups is 1. The molecule has 3 saturated carbocycles. The van der Waals surface area contributed by atoms with Gasteiger partial charge in [-0.1, -0.05) is 20.8 Å². The Morgan fingerprint density at radius 1 is 1.36 bits per heavy atom. The quantitative estimate of drug-likeness (QED) is 0.473. The van der Waals surface area contributed by atoms with Crippen molar-refractivity contribution in [2.45, 2.75) is 40.0 Å². The van der Waals surface area contributed by atoms with E-state index < -0.39 is 11.4 Å². The first-order valence-corrected chi connectivity index (χ1v) is 5.14. The molecule has 0 spiro atoms. The van der Waals surface area contributed by atoms with Crippen LogP contribution in [0.3, 0.4) is 0 Å². The summed E-state index contributed by atoms with van der Waals surface area (Å²) in [6.45, 7) is 6.24. The Labute approximate surface area is 108 Å². The molecular weight excluding hydrogens is 187 g/mol. The van der Waals surface area contributed by atoms with Crippen molar-refractivity contribution in [3.8, 4) is 0 Å². The average Bonchev–Trinajstić information content (AvgIpc) is 2.02. The van der Waals surface area contributed by atoms with Gasteiger partial charge in [0.2, 0.25) is 0 Å². The van der Waals surface area contributed by atoms with Crippen LogP contribution in [-0.4, -0.2) is 5.97 Å². The number of carboxylic acids is 1. The summed E-state index contributed by atoms with van der Waals surface area (Å²) in [5.41, 5.74) is -0.556. The normalized spacial score (nSPS) is 43.4. The van der Waals surface area contributed by atoms with Gasteiger partial charge in [-0.3, -0.25) is 0 Å². The van der Waals surface area contributed by atoms with Gasteiger partial charge in [0.15, 0.2) is 0 Å². The molecule has 3 aliphatic rings. The van der Waals surface area contributed by atoms with Crippen LogP contribution >= 0.6 is 0 Å². The van der Waals surface area contributed by atoms with Gasteiger partial charge in [0.1, 0.15) is 0 Å². The standard InChI is InChI=1S/C11H18O2.Na/c1-7-4-5-8-6-11(7,9(12)13)10(8,2)3;/h7-8H,4-6H2,1-3H3,(H,12,13);/q;+1/p-1. The third-order valence-corrected chi connectivity index (χ3v) is 4.89. The van der Waals surface area contributed by atoms with E-state index in [0.29, 0.717) is 5.92 Å². The Balaban J connectivity index is 0.000000980. The van der Waals surface area contributed by atoms with Crippen LogP contribution < -0.4 is 34.7 Å². The van der Waals surface area contributed by atoms with Crippen molar-refractivity contribution in [2.75, 3.05) is 0 Å². The molecule has 0 aromatic heterocycles. The second-order valence-electron chi connectivity index (χ2n) is 5.36. The van der Waals surface area contributed by atoms with E-state index in [1.54, 1.807) is 0 Å². The van der Waals surface area contributed by atoms with Crippen molar-refractivity contribution in [1.29, 1.82) is 0 Å². The van der Waals surface area contributed by atoms with Gasteiger partial charge in [-0.05, 0) is 36.5 Å². The molecule has 0 aliphatic heterocycles. The number of carboxylic acid groups (broad SMARTS) is 1. The van der Waals surface area contributed by atoms with Crippen molar-refractivity contribution in [3.05, 3.63) is 0 Å². The van der Waals surface area contributed by atoms with E-state index in [2.05, 4.69) is 20.8 Å². The molecule has 3 rings (SSSR count). The summed E-state index contributed by atoms with van der Waals surface area (Å²) >= 11 is 0. The molecule has 3 unspecified atom stereocenters. The first-order chi connectivity index (χ1) is 5.93. The minimum atomic E-state index is -0.819. The minimum absolute atomic E-state index is 0. The zero-order chi connectivity index (χ0) is 9.85. The number of carbonyl (C=O) groups excluding carboxylic acids is 1. The topological polar surface area (TPSA) is 40.1 Å². The molecule has 0 saturated heterocycles. The summed E-state index contributed by atoms with van der Waals surface area (Å²) < 4.78 is 0. The number of hydrogen-bond donors (Lipinski definition) is 0. The predicted molar refractivity (Wildman–Crippen MR) is 47.7 cm³/mol. The van der Waals surface area contributed by atoms with Gasteiger partial charge >= 0.3 is 29.6 Å². The Bertz CT molecular complexity index is 262. The monoisotopic (exact) mass is 204 g/mol. The fraction of sp³-hybridized carbons (Fsp3) is 0.909. The molecule has 0 radical (unpaired) electrons. The third-order valence-electron chi connectivity index (χ3n) is 4.89. The second kappa shape index (κ2) is 3.50. The molecule has 2 nitrogen and oxygen atoms in total. The van der Waals surface area contributed by atoms with E-state index >= 15 is 0 Å². The fourth-order valence-electron chi connectivity index (χ4n) is 3.68. The maximum absolute atomic E-state index is 11.2. The summed E-state index contributed by atoms with van der Waals surface area (Å²) in [4.78, 5) is 11.2. The number of hydrogen-bond acceptors (Lipinski definition) is 2. The van der Waals surface area contributed by atoms with E-state index in [1.165, 1.54) is 6.42 Å². The van der Waals surface area contributed by atoms with Crippen LogP contribution in [0.15, 0.2) is 0 Å². The van der Waals surface area contributed by atoms with Crippen LogP contribution in [0.1, 0.15) is 40.0 Å². The number of rotatable bonds is 1. The van der Waals surface area contributed by atoms with E-state index in [1.807, 2.05) is 0 Å². The van der Waals surface area contributed by atoms with Gasteiger partial charge in [-0.15, -0.1) is 0 Å². The predicted octanol–water partition coefficient (Wildman–Crippen LogP) is -1.80.